The zero-order chi connectivity index (χ0) is 20.3. The van der Waals surface area contributed by atoms with E-state index < -0.39 is 17.7 Å². The van der Waals surface area contributed by atoms with Crippen LogP contribution in [0.15, 0.2) is 24.5 Å². The molecule has 2 amide bonds. The summed E-state index contributed by atoms with van der Waals surface area (Å²) >= 11 is 6.08. The maximum atomic E-state index is 12.5. The number of benzene rings is 1. The van der Waals surface area contributed by atoms with Crippen LogP contribution in [0.2, 0.25) is 5.02 Å². The van der Waals surface area contributed by atoms with Crippen molar-refractivity contribution in [2.75, 3.05) is 6.54 Å². The molecule has 1 aromatic carbocycles. The van der Waals surface area contributed by atoms with E-state index in [1.165, 1.54) is 16.0 Å². The fraction of sp³-hybridized carbons (Fsp3) is 0.471. The number of nitrogens with zero attached hydrogens (tertiary/aromatic N) is 5. The van der Waals surface area contributed by atoms with Crippen molar-refractivity contribution in [3.8, 4) is 5.69 Å². The van der Waals surface area contributed by atoms with Gasteiger partial charge in [-0.3, -0.25) is 4.79 Å². The molecule has 1 aliphatic heterocycles. The van der Waals surface area contributed by atoms with Gasteiger partial charge in [-0.05, 0) is 61.4 Å². The van der Waals surface area contributed by atoms with E-state index in [0.717, 1.165) is 5.56 Å². The lowest BCUT2D eigenvalue weighted by Gasteiger charge is -2.24. The van der Waals surface area contributed by atoms with E-state index in [0.29, 0.717) is 23.7 Å². The van der Waals surface area contributed by atoms with Gasteiger partial charge in [0.1, 0.15) is 18.0 Å². The Hall–Kier alpha value is -2.72. The highest BCUT2D eigenvalue weighted by molar-refractivity contribution is 6.30. The third-order valence-electron chi connectivity index (χ3n) is 3.97. The number of ether oxygens (including phenoxy) is 1. The zero-order valence-electron chi connectivity index (χ0n) is 15.8. The second-order valence-electron chi connectivity index (χ2n) is 7.35. The van der Waals surface area contributed by atoms with Crippen molar-refractivity contribution in [2.45, 2.75) is 45.4 Å². The Labute approximate surface area is 167 Å². The van der Waals surface area contributed by atoms with Crippen LogP contribution >= 0.6 is 11.6 Å². The zero-order valence-corrected chi connectivity index (χ0v) is 16.6. The van der Waals surface area contributed by atoms with Gasteiger partial charge in [0.25, 0.3) is 0 Å². The van der Waals surface area contributed by atoms with Gasteiger partial charge < -0.3 is 10.1 Å². The molecule has 0 aliphatic carbocycles. The summed E-state index contributed by atoms with van der Waals surface area (Å²) in [5, 5.41) is 15.8. The van der Waals surface area contributed by atoms with Gasteiger partial charge in [-0.2, -0.15) is 0 Å². The lowest BCUT2D eigenvalue weighted by atomic mass is 10.1. The Bertz CT molecular complexity index is 851. The fourth-order valence-corrected chi connectivity index (χ4v) is 2.92. The van der Waals surface area contributed by atoms with Gasteiger partial charge in [-0.1, -0.05) is 11.6 Å². The number of nitrogens with one attached hydrogen (secondary N) is 2. The molecule has 10 nitrogen and oxygen atoms in total. The normalized spacial score (nSPS) is 16.9. The van der Waals surface area contributed by atoms with Gasteiger partial charge in [0.2, 0.25) is 5.91 Å². The first-order valence-corrected chi connectivity index (χ1v) is 9.17. The third kappa shape index (κ3) is 4.96. The van der Waals surface area contributed by atoms with E-state index in [2.05, 4.69) is 26.3 Å². The number of halogens is 1. The molecule has 11 heteroatoms. The summed E-state index contributed by atoms with van der Waals surface area (Å²) in [7, 11) is 0. The monoisotopic (exact) mass is 407 g/mol. The smallest absolute Gasteiger partial charge is 0.424 e. The lowest BCUT2D eigenvalue weighted by Crippen LogP contribution is -2.48. The van der Waals surface area contributed by atoms with Crippen LogP contribution in [-0.4, -0.2) is 55.4 Å². The lowest BCUT2D eigenvalue weighted by molar-refractivity contribution is -0.123. The molecule has 28 heavy (non-hydrogen) atoms. The van der Waals surface area contributed by atoms with Crippen LogP contribution < -0.4 is 10.7 Å². The minimum atomic E-state index is -0.599. The molecular weight excluding hydrogens is 386 g/mol. The molecule has 1 atom stereocenters. The predicted octanol–water partition coefficient (Wildman–Crippen LogP) is 1.45. The van der Waals surface area contributed by atoms with Crippen LogP contribution in [0.25, 0.3) is 5.69 Å². The number of carbonyl (C=O) groups is 2. The number of hydrazine groups is 1. The Morgan fingerprint density at radius 2 is 2.18 bits per heavy atom. The van der Waals surface area contributed by atoms with Crippen molar-refractivity contribution >= 4 is 23.6 Å². The minimum Gasteiger partial charge on any atom is -0.443 e. The van der Waals surface area contributed by atoms with Crippen LogP contribution in [0.5, 0.6) is 0 Å². The highest BCUT2D eigenvalue weighted by atomic mass is 35.5. The Morgan fingerprint density at radius 3 is 2.86 bits per heavy atom. The van der Waals surface area contributed by atoms with Crippen molar-refractivity contribution in [3.63, 3.8) is 0 Å². The van der Waals surface area contributed by atoms with Crippen LogP contribution in [0.1, 0.15) is 32.8 Å². The standard InChI is InChI=1S/C17H22ClN7O3/c1-17(2,3)28-16(27)24-7-6-13(21-24)15(26)19-9-11-8-12(18)4-5-14(11)25-10-20-22-23-25/h4-5,8,10,13,21H,6-7,9H2,1-3H3,(H,19,26)/t13-/m0/s1. The van der Waals surface area contributed by atoms with Gasteiger partial charge in [0.15, 0.2) is 0 Å². The predicted molar refractivity (Wildman–Crippen MR) is 100 cm³/mol. The quantitative estimate of drug-likeness (QED) is 0.788. The summed E-state index contributed by atoms with van der Waals surface area (Å²) in [4.78, 5) is 24.6. The molecule has 1 saturated heterocycles. The summed E-state index contributed by atoms with van der Waals surface area (Å²) in [5.41, 5.74) is 3.76. The number of tetrazole rings is 1. The number of aromatic nitrogens is 4. The van der Waals surface area contributed by atoms with E-state index in [4.69, 9.17) is 16.3 Å². The molecule has 2 heterocycles. The highest BCUT2D eigenvalue weighted by Crippen LogP contribution is 2.19. The Morgan fingerprint density at radius 1 is 1.39 bits per heavy atom. The molecule has 0 spiro atoms. The fourth-order valence-electron chi connectivity index (χ4n) is 2.72. The van der Waals surface area contributed by atoms with Crippen LogP contribution in [0, 0.1) is 0 Å². The van der Waals surface area contributed by atoms with E-state index >= 15 is 0 Å². The van der Waals surface area contributed by atoms with E-state index in [-0.39, 0.29) is 12.5 Å². The number of hydrogen-bond donors (Lipinski definition) is 2. The van der Waals surface area contributed by atoms with Crippen LogP contribution in [-0.2, 0) is 16.1 Å². The number of hydrogen-bond acceptors (Lipinski definition) is 7. The van der Waals surface area contributed by atoms with Gasteiger partial charge >= 0.3 is 6.09 Å². The molecule has 1 fully saturated rings. The first-order valence-electron chi connectivity index (χ1n) is 8.79. The van der Waals surface area contributed by atoms with Gasteiger partial charge in [-0.15, -0.1) is 5.10 Å². The summed E-state index contributed by atoms with van der Waals surface area (Å²) in [6.45, 7) is 5.99. The summed E-state index contributed by atoms with van der Waals surface area (Å²) < 4.78 is 6.80. The maximum Gasteiger partial charge on any atom is 0.424 e. The largest absolute Gasteiger partial charge is 0.443 e. The average Bonchev–Trinajstić information content (AvgIpc) is 3.30. The Balaban J connectivity index is 1.60. The van der Waals surface area contributed by atoms with Crippen molar-refractivity contribution < 1.29 is 14.3 Å². The second-order valence-corrected chi connectivity index (χ2v) is 7.78. The third-order valence-corrected chi connectivity index (χ3v) is 4.21. The minimum absolute atomic E-state index is 0.228. The van der Waals surface area contributed by atoms with Crippen molar-refractivity contribution in [2.24, 2.45) is 0 Å². The van der Waals surface area contributed by atoms with Gasteiger partial charge in [-0.25, -0.2) is 19.9 Å². The molecule has 0 radical (unpaired) electrons. The van der Waals surface area contributed by atoms with Gasteiger partial charge in [0.05, 0.1) is 5.69 Å². The molecule has 2 aromatic rings. The molecule has 3 rings (SSSR count). The first-order chi connectivity index (χ1) is 13.2. The van der Waals surface area contributed by atoms with Crippen molar-refractivity contribution in [1.82, 2.24) is 36.0 Å². The number of carbonyl (C=O) groups excluding carboxylic acids is 2. The molecule has 1 aromatic heterocycles. The summed E-state index contributed by atoms with van der Waals surface area (Å²) in [5.74, 6) is -0.228. The molecule has 0 saturated carbocycles. The molecule has 1 aliphatic rings. The van der Waals surface area contributed by atoms with Crippen LogP contribution in [0.3, 0.4) is 0 Å². The van der Waals surface area contributed by atoms with Crippen LogP contribution in [0.4, 0.5) is 4.79 Å². The van der Waals surface area contributed by atoms with Crippen molar-refractivity contribution in [3.05, 3.63) is 35.1 Å². The topological polar surface area (TPSA) is 114 Å². The molecule has 150 valence electrons. The highest BCUT2D eigenvalue weighted by Gasteiger charge is 2.33. The molecule has 2 N–H and O–H groups in total. The molecule has 0 unspecified atom stereocenters. The average molecular weight is 408 g/mol. The van der Waals surface area contributed by atoms with E-state index in [9.17, 15) is 9.59 Å². The number of rotatable bonds is 4. The molecular formula is C17H22ClN7O3. The van der Waals surface area contributed by atoms with Gasteiger partial charge in [0, 0.05) is 18.1 Å². The van der Waals surface area contributed by atoms with E-state index in [1.807, 2.05) is 0 Å². The second kappa shape index (κ2) is 8.11. The Kier molecular flexibility index (Phi) is 5.80. The number of amides is 2. The maximum absolute atomic E-state index is 12.5. The first kappa shape index (κ1) is 20.0. The SMILES string of the molecule is CC(C)(C)OC(=O)N1CC[C@@H](C(=O)NCc2cc(Cl)ccc2-n2cnnn2)N1. The van der Waals surface area contributed by atoms with Crippen molar-refractivity contribution in [1.29, 1.82) is 0 Å². The summed E-state index contributed by atoms with van der Waals surface area (Å²) in [6.07, 6.45) is 1.45. The summed E-state index contributed by atoms with van der Waals surface area (Å²) in [6, 6.07) is 4.72. The molecule has 0 bridgehead atoms. The van der Waals surface area contributed by atoms with E-state index in [1.54, 1.807) is 39.0 Å².